The van der Waals surface area contributed by atoms with E-state index in [2.05, 4.69) is 61.7 Å². The third kappa shape index (κ3) is 5.66. The lowest BCUT2D eigenvalue weighted by molar-refractivity contribution is -0.132. The molecule has 6 rings (SSSR count). The molecule has 2 aromatic heterocycles. The maximum absolute atomic E-state index is 12.3. The molecule has 0 saturated carbocycles. The number of carbonyl (C=O) groups excluding carboxylic acids is 2. The third-order valence-corrected chi connectivity index (χ3v) is 8.41. The van der Waals surface area contributed by atoms with Gasteiger partial charge in [-0.3, -0.25) is 9.59 Å². The fourth-order valence-corrected chi connectivity index (χ4v) is 6.05. The number of nitrogens with zero attached hydrogens (tertiary/aromatic N) is 5. The van der Waals surface area contributed by atoms with Crippen molar-refractivity contribution in [2.24, 2.45) is 5.92 Å². The van der Waals surface area contributed by atoms with Gasteiger partial charge in [0.25, 0.3) is 0 Å². The van der Waals surface area contributed by atoms with Gasteiger partial charge in [0.1, 0.15) is 5.82 Å². The van der Waals surface area contributed by atoms with E-state index >= 15 is 0 Å². The molecule has 2 saturated heterocycles. The van der Waals surface area contributed by atoms with Crippen LogP contribution in [-0.4, -0.2) is 67.7 Å². The molecule has 9 nitrogen and oxygen atoms in total. The number of anilines is 1. The second-order valence-electron chi connectivity index (χ2n) is 11.1. The van der Waals surface area contributed by atoms with E-state index in [9.17, 15) is 9.59 Å². The predicted octanol–water partition coefficient (Wildman–Crippen LogP) is 5.43. The van der Waals surface area contributed by atoms with Crippen LogP contribution < -0.4 is 5.32 Å². The molecule has 2 fully saturated rings. The van der Waals surface area contributed by atoms with Gasteiger partial charge >= 0.3 is 0 Å². The van der Waals surface area contributed by atoms with Gasteiger partial charge < -0.3 is 20.1 Å². The van der Waals surface area contributed by atoms with Crippen molar-refractivity contribution in [2.75, 3.05) is 31.5 Å². The highest BCUT2D eigenvalue weighted by atomic mass is 16.2. The minimum Gasteiger partial charge on any atom is -0.354 e. The first-order valence-corrected chi connectivity index (χ1v) is 14.7. The number of imidazole rings is 1. The van der Waals surface area contributed by atoms with Gasteiger partial charge in [0.15, 0.2) is 0 Å². The van der Waals surface area contributed by atoms with Gasteiger partial charge in [-0.1, -0.05) is 38.1 Å². The number of likely N-dealkylation sites (tertiary alicyclic amines) is 2. The molecule has 212 valence electrons. The Kier molecular flexibility index (Phi) is 7.67. The fourth-order valence-electron chi connectivity index (χ4n) is 6.05. The van der Waals surface area contributed by atoms with Crippen molar-refractivity contribution in [1.82, 2.24) is 29.7 Å². The number of carbonyl (C=O) groups is 2. The molecular weight excluding hydrogens is 514 g/mol. The lowest BCUT2D eigenvalue weighted by Crippen LogP contribution is -2.30. The van der Waals surface area contributed by atoms with Crippen molar-refractivity contribution >= 4 is 28.5 Å². The Morgan fingerprint density at radius 3 is 2.37 bits per heavy atom. The number of hydrogen-bond donors (Lipinski definition) is 2. The predicted molar refractivity (Wildman–Crippen MR) is 160 cm³/mol. The normalized spacial score (nSPS) is 18.8. The fraction of sp³-hybridized carbons (Fsp3) is 0.406. The van der Waals surface area contributed by atoms with Gasteiger partial charge in [0.2, 0.25) is 17.8 Å². The van der Waals surface area contributed by atoms with Crippen LogP contribution in [-0.2, 0) is 9.59 Å². The van der Waals surface area contributed by atoms with Gasteiger partial charge in [0.05, 0.1) is 17.9 Å². The minimum atomic E-state index is 0.0348. The van der Waals surface area contributed by atoms with Crippen molar-refractivity contribution in [2.45, 2.75) is 52.0 Å². The van der Waals surface area contributed by atoms with E-state index in [-0.39, 0.29) is 17.9 Å². The quantitative estimate of drug-likeness (QED) is 0.302. The summed E-state index contributed by atoms with van der Waals surface area (Å²) >= 11 is 0. The highest BCUT2D eigenvalue weighted by Gasteiger charge is 2.31. The molecule has 41 heavy (non-hydrogen) atoms. The molecule has 0 spiro atoms. The van der Waals surface area contributed by atoms with Crippen molar-refractivity contribution in [3.05, 3.63) is 60.8 Å². The second-order valence-corrected chi connectivity index (χ2v) is 11.1. The maximum atomic E-state index is 12.3. The van der Waals surface area contributed by atoms with Crippen molar-refractivity contribution in [1.29, 1.82) is 0 Å². The van der Waals surface area contributed by atoms with Crippen LogP contribution in [0.2, 0.25) is 0 Å². The third-order valence-electron chi connectivity index (χ3n) is 8.41. The monoisotopic (exact) mass is 551 g/mol. The summed E-state index contributed by atoms with van der Waals surface area (Å²) in [6.45, 7) is 7.03. The molecule has 0 radical (unpaired) electrons. The lowest BCUT2D eigenvalue weighted by atomic mass is 10.0. The van der Waals surface area contributed by atoms with Gasteiger partial charge in [-0.05, 0) is 53.6 Å². The summed E-state index contributed by atoms with van der Waals surface area (Å²) in [5.41, 5.74) is 4.05. The topological polar surface area (TPSA) is 107 Å². The van der Waals surface area contributed by atoms with Crippen LogP contribution >= 0.6 is 0 Å². The highest BCUT2D eigenvalue weighted by Crippen LogP contribution is 2.33. The van der Waals surface area contributed by atoms with Crippen LogP contribution in [0.15, 0.2) is 55.0 Å². The molecule has 2 atom stereocenters. The molecule has 2 amide bonds. The molecule has 2 N–H and O–H groups in total. The summed E-state index contributed by atoms with van der Waals surface area (Å²) < 4.78 is 0. The van der Waals surface area contributed by atoms with E-state index in [0.29, 0.717) is 24.7 Å². The molecule has 2 aliphatic heterocycles. The zero-order valence-corrected chi connectivity index (χ0v) is 23.8. The molecule has 0 aliphatic carbocycles. The van der Waals surface area contributed by atoms with E-state index in [0.717, 1.165) is 84.4 Å². The van der Waals surface area contributed by atoms with Gasteiger partial charge in [0, 0.05) is 62.5 Å². The van der Waals surface area contributed by atoms with E-state index in [1.807, 2.05) is 42.2 Å². The second kappa shape index (κ2) is 11.7. The van der Waals surface area contributed by atoms with Crippen LogP contribution in [0.1, 0.15) is 57.8 Å². The molecular formula is C32H37N7O2. The minimum absolute atomic E-state index is 0.0348. The Bertz CT molecular complexity index is 1550. The SMILES string of the molecule is CCC(=O)N1CC[C@H](CNc2ncc(-c3ccc4cc(-c5cnc([C@@H]6CCCN6C(=O)CC)[nH]5)ccc4c3)cn2)C1. The average molecular weight is 552 g/mol. The van der Waals surface area contributed by atoms with E-state index in [1.165, 1.54) is 0 Å². The van der Waals surface area contributed by atoms with Crippen LogP contribution in [0.25, 0.3) is 33.2 Å². The molecule has 0 unspecified atom stereocenters. The Balaban J connectivity index is 1.11. The molecule has 0 bridgehead atoms. The number of hydrogen-bond acceptors (Lipinski definition) is 6. The molecule has 2 aliphatic rings. The number of nitrogens with one attached hydrogen (secondary N) is 2. The van der Waals surface area contributed by atoms with Gasteiger partial charge in [-0.25, -0.2) is 15.0 Å². The molecule has 9 heteroatoms. The first-order chi connectivity index (χ1) is 20.0. The Morgan fingerprint density at radius 1 is 0.878 bits per heavy atom. The van der Waals surface area contributed by atoms with E-state index in [1.54, 1.807) is 0 Å². The number of aromatic nitrogens is 4. The number of benzene rings is 2. The van der Waals surface area contributed by atoms with Gasteiger partial charge in [-0.2, -0.15) is 0 Å². The van der Waals surface area contributed by atoms with Crippen LogP contribution in [0, 0.1) is 5.92 Å². The van der Waals surface area contributed by atoms with Gasteiger partial charge in [-0.15, -0.1) is 0 Å². The smallest absolute Gasteiger partial charge is 0.222 e. The summed E-state index contributed by atoms with van der Waals surface area (Å²) in [7, 11) is 0. The summed E-state index contributed by atoms with van der Waals surface area (Å²) in [4.78, 5) is 45.4. The first kappa shape index (κ1) is 26.9. The van der Waals surface area contributed by atoms with E-state index < -0.39 is 0 Å². The largest absolute Gasteiger partial charge is 0.354 e. The summed E-state index contributed by atoms with van der Waals surface area (Å²) in [5, 5.41) is 5.61. The lowest BCUT2D eigenvalue weighted by Gasteiger charge is -2.22. The molecule has 2 aromatic carbocycles. The number of aromatic amines is 1. The van der Waals surface area contributed by atoms with Crippen molar-refractivity contribution < 1.29 is 9.59 Å². The van der Waals surface area contributed by atoms with Crippen molar-refractivity contribution in [3.8, 4) is 22.4 Å². The number of fused-ring (bicyclic) bond motifs is 1. The maximum Gasteiger partial charge on any atom is 0.222 e. The van der Waals surface area contributed by atoms with E-state index in [4.69, 9.17) is 0 Å². The number of amides is 2. The Hall–Kier alpha value is -4.27. The Morgan fingerprint density at radius 2 is 1.61 bits per heavy atom. The summed E-state index contributed by atoms with van der Waals surface area (Å²) in [6.07, 6.45) is 9.63. The van der Waals surface area contributed by atoms with Crippen LogP contribution in [0.5, 0.6) is 0 Å². The highest BCUT2D eigenvalue weighted by molar-refractivity contribution is 5.90. The summed E-state index contributed by atoms with van der Waals surface area (Å²) in [6, 6.07) is 12.8. The van der Waals surface area contributed by atoms with Crippen LogP contribution in [0.4, 0.5) is 5.95 Å². The molecule has 4 aromatic rings. The first-order valence-electron chi connectivity index (χ1n) is 14.7. The number of H-pyrrole nitrogens is 1. The summed E-state index contributed by atoms with van der Waals surface area (Å²) in [5.74, 6) is 2.31. The van der Waals surface area contributed by atoms with Crippen molar-refractivity contribution in [3.63, 3.8) is 0 Å². The molecule has 4 heterocycles. The standard InChI is InChI=1S/C32H37N7O2/c1-3-29(40)38-13-11-21(20-38)16-34-32-35-17-26(18-36-32)24-8-7-23-15-25(10-9-22(23)14-24)27-19-33-31(37-27)28-6-5-12-39(28)30(41)4-2/h7-10,14-15,17-19,21,28H,3-6,11-13,16,20H2,1-2H3,(H,33,37)(H,34,35,36)/t21-,28+/m1/s1. The average Bonchev–Trinajstić information content (AvgIpc) is 3.80. The Labute approximate surface area is 240 Å². The van der Waals surface area contributed by atoms with Crippen LogP contribution in [0.3, 0.4) is 0 Å². The number of rotatable bonds is 8. The zero-order valence-electron chi connectivity index (χ0n) is 23.8. The zero-order chi connectivity index (χ0) is 28.3.